The van der Waals surface area contributed by atoms with Gasteiger partial charge in [-0.25, -0.2) is 13.8 Å². The lowest BCUT2D eigenvalue weighted by Gasteiger charge is -2.17. The minimum absolute atomic E-state index is 0.0217. The number of alkyl halides is 3. The molecule has 0 aliphatic rings. The van der Waals surface area contributed by atoms with Crippen LogP contribution in [0.15, 0.2) is 36.5 Å². The number of halogens is 5. The Morgan fingerprint density at radius 3 is 2.38 bits per heavy atom. The first-order valence-corrected chi connectivity index (χ1v) is 8.70. The van der Waals surface area contributed by atoms with Gasteiger partial charge in [0, 0.05) is 24.2 Å². The van der Waals surface area contributed by atoms with Crippen molar-refractivity contribution in [2.45, 2.75) is 33.4 Å². The highest BCUT2D eigenvalue weighted by molar-refractivity contribution is 5.94. The molecule has 1 aromatic carbocycles. The highest BCUT2D eigenvalue weighted by Crippen LogP contribution is 2.35. The molecule has 0 saturated heterocycles. The number of benzene rings is 1. The van der Waals surface area contributed by atoms with E-state index in [2.05, 4.69) is 10.3 Å². The third-order valence-electron chi connectivity index (χ3n) is 4.09. The Balaban J connectivity index is 2.18. The van der Waals surface area contributed by atoms with Crippen LogP contribution in [0.25, 0.3) is 16.9 Å². The number of anilines is 1. The van der Waals surface area contributed by atoms with Gasteiger partial charge in [0.15, 0.2) is 5.82 Å². The molecule has 0 aliphatic heterocycles. The molecule has 2 heterocycles. The number of nitrogens with one attached hydrogen (secondary N) is 1. The molecule has 29 heavy (non-hydrogen) atoms. The standard InChI is InChI=1S/C20H18F5N3O/c1-19(2,3)10-16(29)27-18-17(13-5-4-12(21)9-14(13)22)28-7-6-11(20(23,24)25)8-15(28)26-18/h4-9H,10H2,1-3H3,(H,27,29). The van der Waals surface area contributed by atoms with Crippen molar-refractivity contribution in [3.63, 3.8) is 0 Å². The summed E-state index contributed by atoms with van der Waals surface area (Å²) in [4.78, 5) is 16.4. The number of fused-ring (bicyclic) bond motifs is 1. The van der Waals surface area contributed by atoms with Crippen molar-refractivity contribution in [1.29, 1.82) is 0 Å². The van der Waals surface area contributed by atoms with Crippen LogP contribution in [-0.4, -0.2) is 15.3 Å². The molecule has 0 fully saturated rings. The lowest BCUT2D eigenvalue weighted by atomic mass is 9.92. The Hall–Kier alpha value is -2.97. The number of imidazole rings is 1. The number of nitrogens with zero attached hydrogens (tertiary/aromatic N) is 2. The zero-order chi connectivity index (χ0) is 21.6. The van der Waals surface area contributed by atoms with Gasteiger partial charge < -0.3 is 5.32 Å². The molecule has 9 heteroatoms. The first-order chi connectivity index (χ1) is 13.3. The lowest BCUT2D eigenvalue weighted by Crippen LogP contribution is -2.20. The van der Waals surface area contributed by atoms with E-state index in [9.17, 15) is 26.7 Å². The molecule has 4 nitrogen and oxygen atoms in total. The van der Waals surface area contributed by atoms with Gasteiger partial charge >= 0.3 is 6.18 Å². The molecule has 1 amide bonds. The molecule has 0 radical (unpaired) electrons. The van der Waals surface area contributed by atoms with Gasteiger partial charge in [0.05, 0.1) is 5.56 Å². The smallest absolute Gasteiger partial charge is 0.309 e. The van der Waals surface area contributed by atoms with E-state index in [-0.39, 0.29) is 34.6 Å². The summed E-state index contributed by atoms with van der Waals surface area (Å²) < 4.78 is 68.1. The number of hydrogen-bond acceptors (Lipinski definition) is 2. The maximum atomic E-state index is 14.4. The molecule has 2 aromatic heterocycles. The van der Waals surface area contributed by atoms with Gasteiger partial charge in [0.25, 0.3) is 0 Å². The van der Waals surface area contributed by atoms with Gasteiger partial charge in [-0.3, -0.25) is 9.20 Å². The third-order valence-corrected chi connectivity index (χ3v) is 4.09. The van der Waals surface area contributed by atoms with E-state index in [1.807, 2.05) is 20.8 Å². The number of carbonyl (C=O) groups excluding carboxylic acids is 1. The van der Waals surface area contributed by atoms with Gasteiger partial charge in [0.1, 0.15) is 23.0 Å². The zero-order valence-corrected chi connectivity index (χ0v) is 15.9. The van der Waals surface area contributed by atoms with Crippen molar-refractivity contribution in [1.82, 2.24) is 9.38 Å². The summed E-state index contributed by atoms with van der Waals surface area (Å²) in [6.07, 6.45) is -3.40. The number of pyridine rings is 1. The fraction of sp³-hybridized carbons (Fsp3) is 0.300. The number of rotatable bonds is 3. The molecule has 0 atom stereocenters. The fourth-order valence-electron chi connectivity index (χ4n) is 2.91. The van der Waals surface area contributed by atoms with Crippen LogP contribution in [0, 0.1) is 17.0 Å². The van der Waals surface area contributed by atoms with Crippen LogP contribution < -0.4 is 5.32 Å². The first-order valence-electron chi connectivity index (χ1n) is 8.70. The van der Waals surface area contributed by atoms with E-state index in [4.69, 9.17) is 0 Å². The maximum absolute atomic E-state index is 14.4. The van der Waals surface area contributed by atoms with Crippen molar-refractivity contribution in [3.05, 3.63) is 53.7 Å². The first kappa shape index (κ1) is 20.8. The molecule has 0 aliphatic carbocycles. The molecule has 0 saturated carbocycles. The lowest BCUT2D eigenvalue weighted by molar-refractivity contribution is -0.137. The summed E-state index contributed by atoms with van der Waals surface area (Å²) in [6, 6.07) is 4.43. The van der Waals surface area contributed by atoms with Crippen molar-refractivity contribution < 1.29 is 26.7 Å². The fourth-order valence-corrected chi connectivity index (χ4v) is 2.91. The quantitative estimate of drug-likeness (QED) is 0.564. The Kier molecular flexibility index (Phi) is 5.10. The number of aromatic nitrogens is 2. The van der Waals surface area contributed by atoms with Gasteiger partial charge in [-0.05, 0) is 29.7 Å². The summed E-state index contributed by atoms with van der Waals surface area (Å²) in [5, 5.41) is 2.54. The van der Waals surface area contributed by atoms with Crippen LogP contribution in [0.2, 0.25) is 0 Å². The molecule has 0 unspecified atom stereocenters. The molecule has 0 spiro atoms. The van der Waals surface area contributed by atoms with Gasteiger partial charge in [-0.15, -0.1) is 0 Å². The largest absolute Gasteiger partial charge is 0.416 e. The van der Waals surface area contributed by atoms with Gasteiger partial charge in [-0.2, -0.15) is 13.2 Å². The summed E-state index contributed by atoms with van der Waals surface area (Å²) in [5.74, 6) is -2.28. The minimum Gasteiger partial charge on any atom is -0.309 e. The van der Waals surface area contributed by atoms with E-state index in [1.165, 1.54) is 4.40 Å². The number of hydrogen-bond donors (Lipinski definition) is 1. The van der Waals surface area contributed by atoms with Crippen LogP contribution in [-0.2, 0) is 11.0 Å². The summed E-state index contributed by atoms with van der Waals surface area (Å²) >= 11 is 0. The SMILES string of the molecule is CC(C)(C)CC(=O)Nc1nc2cc(C(F)(F)F)ccn2c1-c1ccc(F)cc1F. The van der Waals surface area contributed by atoms with Crippen molar-refractivity contribution in [3.8, 4) is 11.3 Å². The maximum Gasteiger partial charge on any atom is 0.416 e. The van der Waals surface area contributed by atoms with E-state index in [0.29, 0.717) is 6.07 Å². The highest BCUT2D eigenvalue weighted by Gasteiger charge is 2.31. The second kappa shape index (κ2) is 7.13. The van der Waals surface area contributed by atoms with E-state index in [1.54, 1.807) is 0 Å². The Labute approximate surface area is 163 Å². The molecule has 1 N–H and O–H groups in total. The van der Waals surface area contributed by atoms with Crippen LogP contribution in [0.4, 0.5) is 27.8 Å². The highest BCUT2D eigenvalue weighted by atomic mass is 19.4. The average Bonchev–Trinajstić information content (AvgIpc) is 2.89. The van der Waals surface area contributed by atoms with Crippen LogP contribution in [0.5, 0.6) is 0 Å². The molecule has 154 valence electrons. The summed E-state index contributed by atoms with van der Waals surface area (Å²) in [5.41, 5.74) is -1.51. The van der Waals surface area contributed by atoms with Crippen LogP contribution in [0.3, 0.4) is 0 Å². The normalized spacial score (nSPS) is 12.4. The van der Waals surface area contributed by atoms with Crippen LogP contribution >= 0.6 is 0 Å². The topological polar surface area (TPSA) is 46.4 Å². The van der Waals surface area contributed by atoms with Crippen molar-refractivity contribution in [2.75, 3.05) is 5.32 Å². The Bertz CT molecular complexity index is 1080. The average molecular weight is 411 g/mol. The summed E-state index contributed by atoms with van der Waals surface area (Å²) in [7, 11) is 0. The number of amides is 1. The van der Waals surface area contributed by atoms with E-state index < -0.39 is 29.3 Å². The monoisotopic (exact) mass is 411 g/mol. The summed E-state index contributed by atoms with van der Waals surface area (Å²) in [6.45, 7) is 5.52. The van der Waals surface area contributed by atoms with Gasteiger partial charge in [0.2, 0.25) is 5.91 Å². The zero-order valence-electron chi connectivity index (χ0n) is 15.9. The third kappa shape index (κ3) is 4.55. The molecule has 3 aromatic rings. The molecular weight excluding hydrogens is 393 g/mol. The van der Waals surface area contributed by atoms with Crippen LogP contribution in [0.1, 0.15) is 32.8 Å². The number of carbonyl (C=O) groups is 1. The Morgan fingerprint density at radius 1 is 1.10 bits per heavy atom. The van der Waals surface area contributed by atoms with Crippen molar-refractivity contribution >= 4 is 17.4 Å². The predicted molar refractivity (Wildman–Crippen MR) is 98.2 cm³/mol. The Morgan fingerprint density at radius 2 is 1.79 bits per heavy atom. The predicted octanol–water partition coefficient (Wildman–Crippen LogP) is 5.67. The molecule has 3 rings (SSSR count). The van der Waals surface area contributed by atoms with Crippen molar-refractivity contribution in [2.24, 2.45) is 5.41 Å². The van der Waals surface area contributed by atoms with E-state index in [0.717, 1.165) is 30.5 Å². The molecular formula is C20H18F5N3O. The van der Waals surface area contributed by atoms with E-state index >= 15 is 0 Å². The minimum atomic E-state index is -4.59. The second-order valence-electron chi connectivity index (χ2n) is 7.86. The van der Waals surface area contributed by atoms with Gasteiger partial charge in [-0.1, -0.05) is 20.8 Å². The second-order valence-corrected chi connectivity index (χ2v) is 7.86. The molecule has 0 bridgehead atoms.